The third-order valence-corrected chi connectivity index (χ3v) is 8.38. The van der Waals surface area contributed by atoms with E-state index < -0.39 is 17.4 Å². The van der Waals surface area contributed by atoms with Crippen molar-refractivity contribution in [1.82, 2.24) is 14.5 Å². The molecular weight excluding hydrogens is 492 g/mol. The molecule has 1 amide bonds. The summed E-state index contributed by atoms with van der Waals surface area (Å²) >= 11 is 0. The molecule has 0 atom stereocenters. The second kappa shape index (κ2) is 9.03. The second-order valence-corrected chi connectivity index (χ2v) is 11.0. The van der Waals surface area contributed by atoms with Crippen LogP contribution in [0.3, 0.4) is 0 Å². The Balaban J connectivity index is 1.11. The number of fused-ring (bicyclic) bond motifs is 3. The lowest BCUT2D eigenvalue weighted by Crippen LogP contribution is -2.47. The number of alkyl halides is 2. The molecule has 1 saturated heterocycles. The first-order valence-electron chi connectivity index (χ1n) is 12.9. The van der Waals surface area contributed by atoms with Gasteiger partial charge in [0.05, 0.1) is 40.0 Å². The molecule has 3 aromatic rings. The summed E-state index contributed by atoms with van der Waals surface area (Å²) in [7, 11) is 0. The Morgan fingerprint density at radius 2 is 2.03 bits per heavy atom. The number of aliphatic hydroxyl groups is 1. The first kappa shape index (κ1) is 24.8. The number of aromatic nitrogens is 2. The highest BCUT2D eigenvalue weighted by atomic mass is 19.3. The standard InChI is InChI=1S/C28H29F2N5O3/c1-27(37)13-18(14-27)35-16-32-23-12-19(11-20(24(23)35)25(29)30)38-9-8-34-6-4-28(5-7-34)21-10-17(15-31)2-3-22(21)33-26(28)36/h2-3,10-12,16,18,25,37H,4-9,13-14H2,1H3,(H,33,36). The number of carbonyl (C=O) groups is 1. The maximum Gasteiger partial charge on any atom is 0.266 e. The zero-order valence-corrected chi connectivity index (χ0v) is 21.1. The Hall–Kier alpha value is -3.55. The van der Waals surface area contributed by atoms with Gasteiger partial charge in [0.25, 0.3) is 6.43 Å². The number of halogens is 2. The van der Waals surface area contributed by atoms with E-state index in [9.17, 15) is 23.9 Å². The van der Waals surface area contributed by atoms with Gasteiger partial charge in [0.1, 0.15) is 12.4 Å². The highest BCUT2D eigenvalue weighted by molar-refractivity contribution is 6.06. The third kappa shape index (κ3) is 4.10. The molecule has 8 nitrogen and oxygen atoms in total. The molecule has 3 aliphatic rings. The van der Waals surface area contributed by atoms with Crippen LogP contribution in [-0.2, 0) is 10.2 Å². The van der Waals surface area contributed by atoms with Crippen LogP contribution in [0.15, 0.2) is 36.7 Å². The number of anilines is 1. The predicted molar refractivity (Wildman–Crippen MR) is 136 cm³/mol. The molecule has 198 valence electrons. The maximum atomic E-state index is 14.0. The van der Waals surface area contributed by atoms with Gasteiger partial charge >= 0.3 is 0 Å². The van der Waals surface area contributed by atoms with Crippen LogP contribution < -0.4 is 10.1 Å². The molecule has 0 unspecified atom stereocenters. The van der Waals surface area contributed by atoms with E-state index in [0.717, 1.165) is 11.3 Å². The van der Waals surface area contributed by atoms with Crippen molar-refractivity contribution in [3.8, 4) is 11.8 Å². The van der Waals surface area contributed by atoms with Gasteiger partial charge in [-0.15, -0.1) is 0 Å². The van der Waals surface area contributed by atoms with Gasteiger partial charge in [-0.1, -0.05) is 0 Å². The molecule has 6 rings (SSSR count). The molecule has 2 N–H and O–H groups in total. The third-order valence-electron chi connectivity index (χ3n) is 8.38. The fourth-order valence-corrected chi connectivity index (χ4v) is 6.29. The molecule has 1 saturated carbocycles. The minimum atomic E-state index is -2.68. The topological polar surface area (TPSA) is 103 Å². The number of benzene rings is 2. The zero-order valence-electron chi connectivity index (χ0n) is 21.1. The lowest BCUT2D eigenvalue weighted by Gasteiger charge is -2.41. The fourth-order valence-electron chi connectivity index (χ4n) is 6.29. The lowest BCUT2D eigenvalue weighted by atomic mass is 9.73. The van der Waals surface area contributed by atoms with Gasteiger partial charge in [-0.3, -0.25) is 9.69 Å². The van der Waals surface area contributed by atoms with Crippen molar-refractivity contribution in [1.29, 1.82) is 5.26 Å². The maximum absolute atomic E-state index is 14.0. The Kier molecular flexibility index (Phi) is 5.89. The summed E-state index contributed by atoms with van der Waals surface area (Å²) < 4.78 is 35.7. The number of hydrogen-bond donors (Lipinski definition) is 2. The first-order chi connectivity index (χ1) is 18.2. The average Bonchev–Trinajstić information content (AvgIpc) is 3.41. The van der Waals surface area contributed by atoms with E-state index in [1.165, 1.54) is 6.07 Å². The normalized spacial score (nSPS) is 24.3. The molecule has 3 heterocycles. The molecule has 1 aliphatic carbocycles. The average molecular weight is 522 g/mol. The van der Waals surface area contributed by atoms with Gasteiger partial charge < -0.3 is 19.7 Å². The van der Waals surface area contributed by atoms with Gasteiger partial charge in [0.2, 0.25) is 5.91 Å². The Morgan fingerprint density at radius 3 is 2.71 bits per heavy atom. The number of hydrogen-bond acceptors (Lipinski definition) is 6. The molecule has 10 heteroatoms. The van der Waals surface area contributed by atoms with Crippen molar-refractivity contribution in [2.45, 2.75) is 56.1 Å². The van der Waals surface area contributed by atoms with Gasteiger partial charge in [0.15, 0.2) is 0 Å². The van der Waals surface area contributed by atoms with E-state index in [4.69, 9.17) is 4.74 Å². The van der Waals surface area contributed by atoms with E-state index >= 15 is 0 Å². The predicted octanol–water partition coefficient (Wildman–Crippen LogP) is 4.30. The summed E-state index contributed by atoms with van der Waals surface area (Å²) in [6, 6.07) is 10.5. The highest BCUT2D eigenvalue weighted by Gasteiger charge is 2.48. The molecule has 0 radical (unpaired) electrons. The van der Waals surface area contributed by atoms with Crippen molar-refractivity contribution >= 4 is 22.6 Å². The number of carbonyl (C=O) groups excluding carboxylic acids is 1. The molecule has 1 spiro atoms. The molecule has 38 heavy (non-hydrogen) atoms. The number of amides is 1. The zero-order chi connectivity index (χ0) is 26.7. The molecule has 2 fully saturated rings. The second-order valence-electron chi connectivity index (χ2n) is 11.0. The van der Waals surface area contributed by atoms with E-state index in [2.05, 4.69) is 21.3 Å². The minimum absolute atomic E-state index is 0.0173. The van der Waals surface area contributed by atoms with Gasteiger partial charge in [-0.05, 0) is 75.5 Å². The quantitative estimate of drug-likeness (QED) is 0.502. The van der Waals surface area contributed by atoms with E-state index in [-0.39, 0.29) is 17.5 Å². The number of piperidine rings is 1. The summed E-state index contributed by atoms with van der Waals surface area (Å²) in [6.45, 7) is 4.02. The van der Waals surface area contributed by atoms with Gasteiger partial charge in [-0.25, -0.2) is 13.8 Å². The Morgan fingerprint density at radius 1 is 1.26 bits per heavy atom. The number of likely N-dealkylation sites (tertiary alicyclic amines) is 1. The minimum Gasteiger partial charge on any atom is -0.492 e. The van der Waals surface area contributed by atoms with Crippen molar-refractivity contribution in [2.24, 2.45) is 0 Å². The van der Waals surface area contributed by atoms with Crippen molar-refractivity contribution < 1.29 is 23.4 Å². The first-order valence-corrected chi connectivity index (χ1v) is 12.9. The molecule has 2 aromatic carbocycles. The van der Waals surface area contributed by atoms with Gasteiger partial charge in [-0.2, -0.15) is 5.26 Å². The summed E-state index contributed by atoms with van der Waals surface area (Å²) in [6.07, 6.45) is 1.16. The number of rotatable bonds is 6. The number of nitrogens with one attached hydrogen (secondary N) is 1. The monoisotopic (exact) mass is 521 g/mol. The van der Waals surface area contributed by atoms with Gasteiger partial charge in [0, 0.05) is 29.9 Å². The van der Waals surface area contributed by atoms with Crippen LogP contribution in [0.4, 0.5) is 14.5 Å². The number of nitrogens with zero attached hydrogens (tertiary/aromatic N) is 4. The van der Waals surface area contributed by atoms with Crippen LogP contribution in [0.5, 0.6) is 5.75 Å². The molecule has 0 bridgehead atoms. The van der Waals surface area contributed by atoms with Crippen LogP contribution in [0.25, 0.3) is 11.0 Å². The number of ether oxygens (including phenoxy) is 1. The van der Waals surface area contributed by atoms with Crippen molar-refractivity contribution in [3.63, 3.8) is 0 Å². The number of imidazole rings is 1. The van der Waals surface area contributed by atoms with E-state index in [1.54, 1.807) is 36.0 Å². The van der Waals surface area contributed by atoms with E-state index in [1.807, 2.05) is 6.07 Å². The van der Waals surface area contributed by atoms with Crippen LogP contribution in [0, 0.1) is 11.3 Å². The van der Waals surface area contributed by atoms with Crippen LogP contribution >= 0.6 is 0 Å². The van der Waals surface area contributed by atoms with Crippen molar-refractivity contribution in [3.05, 3.63) is 53.3 Å². The largest absolute Gasteiger partial charge is 0.492 e. The highest BCUT2D eigenvalue weighted by Crippen LogP contribution is 2.46. The molecule has 2 aliphatic heterocycles. The number of nitriles is 1. The molecular formula is C28H29F2N5O3. The van der Waals surface area contributed by atoms with Crippen LogP contribution in [0.2, 0.25) is 0 Å². The Labute approximate surface area is 218 Å². The summed E-state index contributed by atoms with van der Waals surface area (Å²) in [5.74, 6) is 0.330. The summed E-state index contributed by atoms with van der Waals surface area (Å²) in [5.41, 5.74) is 1.55. The van der Waals surface area contributed by atoms with Crippen molar-refractivity contribution in [2.75, 3.05) is 31.6 Å². The SMILES string of the molecule is CC1(O)CC(n2cnc3cc(OCCN4CCC5(CC4)C(=O)Nc4ccc(C#N)cc45)cc(C(F)F)c32)C1. The Bertz CT molecular complexity index is 1440. The van der Waals surface area contributed by atoms with Crippen LogP contribution in [-0.4, -0.2) is 57.3 Å². The van der Waals surface area contributed by atoms with E-state index in [0.29, 0.717) is 74.3 Å². The molecule has 1 aromatic heterocycles. The lowest BCUT2D eigenvalue weighted by molar-refractivity contribution is -0.122. The summed E-state index contributed by atoms with van der Waals surface area (Å²) in [5, 5.41) is 22.3. The summed E-state index contributed by atoms with van der Waals surface area (Å²) in [4.78, 5) is 19.4. The fraction of sp³-hybridized carbons (Fsp3) is 0.464. The smallest absolute Gasteiger partial charge is 0.266 e. The van der Waals surface area contributed by atoms with Crippen LogP contribution in [0.1, 0.15) is 61.8 Å².